The predicted molar refractivity (Wildman–Crippen MR) is 80.1 cm³/mol. The first-order valence-electron chi connectivity index (χ1n) is 6.65. The molecule has 8 heteroatoms. The third kappa shape index (κ3) is 2.92. The summed E-state index contributed by atoms with van der Waals surface area (Å²) in [6.07, 6.45) is -1.82. The van der Waals surface area contributed by atoms with Crippen LogP contribution in [0.25, 0.3) is 10.9 Å². The number of aryl methyl sites for hydroxylation is 1. The van der Waals surface area contributed by atoms with Crippen molar-refractivity contribution in [3.63, 3.8) is 0 Å². The van der Waals surface area contributed by atoms with Gasteiger partial charge in [-0.2, -0.15) is 13.2 Å². The average Bonchev–Trinajstić information content (AvgIpc) is 3.07. The molecule has 0 radical (unpaired) electrons. The Bertz CT molecular complexity index is 791. The highest BCUT2D eigenvalue weighted by atomic mass is 32.1. The Hall–Kier alpha value is -2.09. The average molecular weight is 326 g/mol. The minimum atomic E-state index is -4.44. The van der Waals surface area contributed by atoms with Gasteiger partial charge < -0.3 is 10.3 Å². The molecule has 1 aromatic carbocycles. The number of hydrogen-bond acceptors (Lipinski definition) is 4. The van der Waals surface area contributed by atoms with Gasteiger partial charge in [0.15, 0.2) is 0 Å². The number of nitrogens with zero attached hydrogens (tertiary/aromatic N) is 2. The number of aromatic amines is 1. The summed E-state index contributed by atoms with van der Waals surface area (Å²) in [5.41, 5.74) is 3.37. The van der Waals surface area contributed by atoms with Crippen LogP contribution in [0, 0.1) is 6.92 Å². The molecule has 0 bridgehead atoms. The van der Waals surface area contributed by atoms with Crippen LogP contribution in [-0.2, 0) is 12.6 Å². The van der Waals surface area contributed by atoms with Gasteiger partial charge in [0, 0.05) is 23.6 Å². The molecule has 2 heterocycles. The lowest BCUT2D eigenvalue weighted by Crippen LogP contribution is -2.04. The predicted octanol–water partition coefficient (Wildman–Crippen LogP) is 4.00. The molecule has 0 fully saturated rings. The number of alkyl halides is 3. The van der Waals surface area contributed by atoms with Gasteiger partial charge in [-0.3, -0.25) is 0 Å². The smallest absolute Gasteiger partial charge is 0.361 e. The minimum absolute atomic E-state index is 0.184. The molecule has 0 saturated carbocycles. The van der Waals surface area contributed by atoms with Gasteiger partial charge in [0.25, 0.3) is 0 Å². The summed E-state index contributed by atoms with van der Waals surface area (Å²) < 4.78 is 37.3. The fourth-order valence-corrected chi connectivity index (χ4v) is 2.92. The van der Waals surface area contributed by atoms with Crippen molar-refractivity contribution < 1.29 is 13.2 Å². The number of para-hydroxylation sites is 1. The van der Waals surface area contributed by atoms with E-state index in [0.717, 1.165) is 22.0 Å². The van der Waals surface area contributed by atoms with Crippen LogP contribution in [0.1, 0.15) is 16.1 Å². The van der Waals surface area contributed by atoms with E-state index >= 15 is 0 Å². The van der Waals surface area contributed by atoms with Gasteiger partial charge in [-0.15, -0.1) is 10.2 Å². The molecule has 0 aliphatic heterocycles. The maximum Gasteiger partial charge on any atom is 0.445 e. The van der Waals surface area contributed by atoms with Crippen molar-refractivity contribution in [3.8, 4) is 0 Å². The molecule has 22 heavy (non-hydrogen) atoms. The molecule has 3 rings (SSSR count). The second-order valence-corrected chi connectivity index (χ2v) is 5.88. The van der Waals surface area contributed by atoms with Gasteiger partial charge >= 0.3 is 6.18 Å². The maximum atomic E-state index is 12.4. The van der Waals surface area contributed by atoms with E-state index in [4.69, 9.17) is 0 Å². The Labute approximate surface area is 128 Å². The summed E-state index contributed by atoms with van der Waals surface area (Å²) in [6, 6.07) is 6.05. The summed E-state index contributed by atoms with van der Waals surface area (Å²) in [6.45, 7) is 2.52. The number of anilines is 1. The van der Waals surface area contributed by atoms with Gasteiger partial charge in [0.1, 0.15) is 0 Å². The highest BCUT2D eigenvalue weighted by Gasteiger charge is 2.35. The molecule has 0 aliphatic carbocycles. The molecule has 2 N–H and O–H groups in total. The Morgan fingerprint density at radius 1 is 1.27 bits per heavy atom. The molecule has 3 aromatic rings. The zero-order valence-electron chi connectivity index (χ0n) is 11.7. The SMILES string of the molecule is Cc1cccc2c(CCNc3nnc(C(F)(F)F)s3)c[nH]c12. The van der Waals surface area contributed by atoms with Crippen molar-refractivity contribution in [1.82, 2.24) is 15.2 Å². The van der Waals surface area contributed by atoms with Crippen LogP contribution in [0.2, 0.25) is 0 Å². The highest BCUT2D eigenvalue weighted by Crippen LogP contribution is 2.33. The van der Waals surface area contributed by atoms with Gasteiger partial charge in [0.05, 0.1) is 0 Å². The second-order valence-electron chi connectivity index (χ2n) is 4.90. The highest BCUT2D eigenvalue weighted by molar-refractivity contribution is 7.15. The van der Waals surface area contributed by atoms with Crippen molar-refractivity contribution >= 4 is 27.4 Å². The van der Waals surface area contributed by atoms with Crippen molar-refractivity contribution in [3.05, 3.63) is 40.5 Å². The van der Waals surface area contributed by atoms with Gasteiger partial charge in [0.2, 0.25) is 10.1 Å². The lowest BCUT2D eigenvalue weighted by molar-refractivity contribution is -0.138. The van der Waals surface area contributed by atoms with Crippen molar-refractivity contribution in [2.45, 2.75) is 19.5 Å². The van der Waals surface area contributed by atoms with Gasteiger partial charge in [-0.25, -0.2) is 0 Å². The topological polar surface area (TPSA) is 53.6 Å². The fraction of sp³-hybridized carbons (Fsp3) is 0.286. The number of rotatable bonds is 4. The lowest BCUT2D eigenvalue weighted by atomic mass is 10.1. The van der Waals surface area contributed by atoms with Crippen LogP contribution >= 0.6 is 11.3 Å². The molecule has 4 nitrogen and oxygen atoms in total. The monoisotopic (exact) mass is 326 g/mol. The number of aromatic nitrogens is 3. The van der Waals surface area contributed by atoms with Crippen molar-refractivity contribution in [2.75, 3.05) is 11.9 Å². The molecule has 0 spiro atoms. The van der Waals surface area contributed by atoms with Crippen LogP contribution in [0.3, 0.4) is 0 Å². The van der Waals surface area contributed by atoms with Crippen LogP contribution in [0.5, 0.6) is 0 Å². The number of halogens is 3. The fourth-order valence-electron chi connectivity index (χ4n) is 2.28. The quantitative estimate of drug-likeness (QED) is 0.762. The number of nitrogens with one attached hydrogen (secondary N) is 2. The Morgan fingerprint density at radius 3 is 2.82 bits per heavy atom. The lowest BCUT2D eigenvalue weighted by Gasteiger charge is -2.02. The third-order valence-electron chi connectivity index (χ3n) is 3.35. The van der Waals surface area contributed by atoms with E-state index in [1.807, 2.05) is 31.3 Å². The van der Waals surface area contributed by atoms with Gasteiger partial charge in [-0.1, -0.05) is 29.5 Å². The standard InChI is InChI=1S/C14H13F3N4S/c1-8-3-2-4-10-9(7-19-11(8)10)5-6-18-13-21-20-12(22-13)14(15,16)17/h2-4,7,19H,5-6H2,1H3,(H,18,21). The van der Waals surface area contributed by atoms with E-state index in [0.29, 0.717) is 24.3 Å². The molecule has 0 atom stereocenters. The van der Waals surface area contributed by atoms with Gasteiger partial charge in [-0.05, 0) is 24.5 Å². The van der Waals surface area contributed by atoms with E-state index < -0.39 is 11.2 Å². The first-order chi connectivity index (χ1) is 10.4. The normalized spacial score (nSPS) is 12.0. The minimum Gasteiger partial charge on any atom is -0.361 e. The number of H-pyrrole nitrogens is 1. The Morgan fingerprint density at radius 2 is 2.09 bits per heavy atom. The molecule has 0 amide bonds. The molecule has 0 saturated heterocycles. The Balaban J connectivity index is 1.65. The molecule has 0 aliphatic rings. The van der Waals surface area contributed by atoms with Crippen molar-refractivity contribution in [2.24, 2.45) is 0 Å². The Kier molecular flexibility index (Phi) is 3.78. The third-order valence-corrected chi connectivity index (χ3v) is 4.27. The zero-order chi connectivity index (χ0) is 15.7. The van der Waals surface area contributed by atoms with Crippen LogP contribution in [0.4, 0.5) is 18.3 Å². The van der Waals surface area contributed by atoms with Crippen LogP contribution in [-0.4, -0.2) is 21.7 Å². The summed E-state index contributed by atoms with van der Waals surface area (Å²) >= 11 is 0.517. The summed E-state index contributed by atoms with van der Waals surface area (Å²) in [7, 11) is 0. The first-order valence-corrected chi connectivity index (χ1v) is 7.47. The zero-order valence-corrected chi connectivity index (χ0v) is 12.5. The van der Waals surface area contributed by atoms with Crippen LogP contribution in [0.15, 0.2) is 24.4 Å². The van der Waals surface area contributed by atoms with Crippen molar-refractivity contribution in [1.29, 1.82) is 0 Å². The summed E-state index contributed by atoms with van der Waals surface area (Å²) in [5.74, 6) is 0. The largest absolute Gasteiger partial charge is 0.445 e. The number of fused-ring (bicyclic) bond motifs is 1. The number of hydrogen-bond donors (Lipinski definition) is 2. The summed E-state index contributed by atoms with van der Waals surface area (Å²) in [4.78, 5) is 3.23. The van der Waals surface area contributed by atoms with E-state index in [-0.39, 0.29) is 5.13 Å². The molecule has 116 valence electrons. The molecule has 0 unspecified atom stereocenters. The molecular weight excluding hydrogens is 313 g/mol. The first kappa shape index (κ1) is 14.8. The molecular formula is C14H13F3N4S. The van der Waals surface area contributed by atoms with Crippen LogP contribution < -0.4 is 5.32 Å². The van der Waals surface area contributed by atoms with E-state index in [9.17, 15) is 13.2 Å². The second kappa shape index (κ2) is 5.60. The summed E-state index contributed by atoms with van der Waals surface area (Å²) in [5, 5.41) is 9.92. The maximum absolute atomic E-state index is 12.4. The van der Waals surface area contributed by atoms with E-state index in [1.165, 1.54) is 0 Å². The number of benzene rings is 1. The van der Waals surface area contributed by atoms with E-state index in [2.05, 4.69) is 20.5 Å². The van der Waals surface area contributed by atoms with E-state index in [1.54, 1.807) is 0 Å². The molecule has 2 aromatic heterocycles.